The molecule has 0 saturated heterocycles. The standard InChI is InChI=1S/C14H21NO3S/c1-11(9-13(16)18-14(2,3)4)10-19(17)12-7-5-6-8-15-12/h5-8,11H,9-10H2,1-4H3/t11-,19?/m0/s1. The molecule has 0 bridgehead atoms. The number of nitrogens with zero attached hydrogens (tertiary/aromatic N) is 1. The summed E-state index contributed by atoms with van der Waals surface area (Å²) < 4.78 is 17.3. The molecule has 0 N–H and O–H groups in total. The molecule has 0 aliphatic carbocycles. The maximum atomic E-state index is 12.0. The third-order valence-corrected chi connectivity index (χ3v) is 3.82. The summed E-state index contributed by atoms with van der Waals surface area (Å²) in [7, 11) is -1.17. The number of hydrogen-bond acceptors (Lipinski definition) is 4. The van der Waals surface area contributed by atoms with Crippen LogP contribution in [0.1, 0.15) is 34.1 Å². The summed E-state index contributed by atoms with van der Waals surface area (Å²) in [6.07, 6.45) is 1.89. The van der Waals surface area contributed by atoms with E-state index in [2.05, 4.69) is 4.98 Å². The van der Waals surface area contributed by atoms with E-state index in [1.807, 2.05) is 27.7 Å². The van der Waals surface area contributed by atoms with Crippen molar-refractivity contribution in [2.45, 2.75) is 44.7 Å². The summed E-state index contributed by atoms with van der Waals surface area (Å²) in [5.74, 6) is 0.159. The highest BCUT2D eigenvalue weighted by atomic mass is 32.2. The quantitative estimate of drug-likeness (QED) is 0.779. The van der Waals surface area contributed by atoms with Crippen molar-refractivity contribution >= 4 is 16.8 Å². The predicted octanol–water partition coefficient (Wildman–Crippen LogP) is 2.56. The van der Waals surface area contributed by atoms with Gasteiger partial charge in [0.25, 0.3) is 0 Å². The first kappa shape index (κ1) is 15.8. The minimum atomic E-state index is -1.17. The van der Waals surface area contributed by atoms with Gasteiger partial charge in [-0.05, 0) is 38.8 Å². The van der Waals surface area contributed by atoms with Gasteiger partial charge in [0.2, 0.25) is 0 Å². The average molecular weight is 283 g/mol. The molecule has 0 aliphatic rings. The van der Waals surface area contributed by atoms with Crippen molar-refractivity contribution in [1.82, 2.24) is 4.98 Å². The van der Waals surface area contributed by atoms with E-state index in [0.717, 1.165) is 0 Å². The van der Waals surface area contributed by atoms with Crippen molar-refractivity contribution in [2.24, 2.45) is 5.92 Å². The highest BCUT2D eigenvalue weighted by Gasteiger charge is 2.20. The van der Waals surface area contributed by atoms with E-state index in [1.165, 1.54) is 0 Å². The maximum absolute atomic E-state index is 12.0. The molecule has 1 rings (SSSR count). The lowest BCUT2D eigenvalue weighted by molar-refractivity contribution is -0.155. The molecular formula is C14H21NO3S. The fourth-order valence-corrected chi connectivity index (χ4v) is 2.77. The molecular weight excluding hydrogens is 262 g/mol. The van der Waals surface area contributed by atoms with Gasteiger partial charge in [0.1, 0.15) is 10.6 Å². The number of carbonyl (C=O) groups excluding carboxylic acids is 1. The van der Waals surface area contributed by atoms with Gasteiger partial charge in [-0.15, -0.1) is 0 Å². The van der Waals surface area contributed by atoms with Gasteiger partial charge < -0.3 is 4.74 Å². The Morgan fingerprint density at radius 2 is 2.11 bits per heavy atom. The van der Waals surface area contributed by atoms with Crippen LogP contribution in [0.25, 0.3) is 0 Å². The molecule has 2 atom stereocenters. The van der Waals surface area contributed by atoms with Crippen molar-refractivity contribution in [1.29, 1.82) is 0 Å². The van der Waals surface area contributed by atoms with Crippen molar-refractivity contribution in [3.8, 4) is 0 Å². The Labute approximate surface area is 117 Å². The second-order valence-electron chi connectivity index (χ2n) is 5.58. The normalized spacial score (nSPS) is 14.7. The van der Waals surface area contributed by atoms with Crippen LogP contribution in [0.15, 0.2) is 29.4 Å². The van der Waals surface area contributed by atoms with Gasteiger partial charge in [-0.3, -0.25) is 9.00 Å². The summed E-state index contributed by atoms with van der Waals surface area (Å²) in [5.41, 5.74) is -0.475. The molecule has 106 valence electrons. The number of ether oxygens (including phenoxy) is 1. The molecule has 1 aromatic heterocycles. The van der Waals surface area contributed by atoms with Gasteiger partial charge in [-0.1, -0.05) is 13.0 Å². The lowest BCUT2D eigenvalue weighted by Gasteiger charge is -2.20. The topological polar surface area (TPSA) is 56.3 Å². The van der Waals surface area contributed by atoms with E-state index in [1.54, 1.807) is 24.4 Å². The SMILES string of the molecule is C[C@@H](CC(=O)OC(C)(C)C)CS(=O)c1ccccn1. The van der Waals surface area contributed by atoms with E-state index in [0.29, 0.717) is 10.8 Å². The largest absolute Gasteiger partial charge is 0.460 e. The van der Waals surface area contributed by atoms with Gasteiger partial charge >= 0.3 is 5.97 Å². The fraction of sp³-hybridized carbons (Fsp3) is 0.571. The van der Waals surface area contributed by atoms with Gasteiger partial charge in [0, 0.05) is 18.4 Å². The van der Waals surface area contributed by atoms with Gasteiger partial charge in [-0.2, -0.15) is 0 Å². The summed E-state index contributed by atoms with van der Waals surface area (Å²) in [6.45, 7) is 7.40. The third-order valence-electron chi connectivity index (χ3n) is 2.24. The Balaban J connectivity index is 2.45. The molecule has 0 fully saturated rings. The summed E-state index contributed by atoms with van der Waals surface area (Å²) in [5, 5.41) is 0.554. The van der Waals surface area contributed by atoms with Crippen LogP contribution < -0.4 is 0 Å². The Morgan fingerprint density at radius 3 is 2.63 bits per heavy atom. The zero-order valence-electron chi connectivity index (χ0n) is 11.9. The molecule has 1 unspecified atom stereocenters. The zero-order valence-corrected chi connectivity index (χ0v) is 12.7. The number of aromatic nitrogens is 1. The van der Waals surface area contributed by atoms with E-state index >= 15 is 0 Å². The lowest BCUT2D eigenvalue weighted by atomic mass is 10.1. The first-order valence-electron chi connectivity index (χ1n) is 6.29. The lowest BCUT2D eigenvalue weighted by Crippen LogP contribution is -2.25. The third kappa shape index (κ3) is 6.47. The van der Waals surface area contributed by atoms with Crippen molar-refractivity contribution in [2.75, 3.05) is 5.75 Å². The summed E-state index contributed by atoms with van der Waals surface area (Å²) >= 11 is 0. The minimum absolute atomic E-state index is 0.00214. The van der Waals surface area contributed by atoms with Crippen LogP contribution in [0.3, 0.4) is 0 Å². The smallest absolute Gasteiger partial charge is 0.306 e. The minimum Gasteiger partial charge on any atom is -0.460 e. The highest BCUT2D eigenvalue weighted by Crippen LogP contribution is 2.14. The monoisotopic (exact) mass is 283 g/mol. The molecule has 0 radical (unpaired) electrons. The number of hydrogen-bond donors (Lipinski definition) is 0. The molecule has 1 aromatic rings. The van der Waals surface area contributed by atoms with Crippen LogP contribution in [0.4, 0.5) is 0 Å². The van der Waals surface area contributed by atoms with Crippen LogP contribution in [0, 0.1) is 5.92 Å². The van der Waals surface area contributed by atoms with Crippen molar-refractivity contribution < 1.29 is 13.7 Å². The van der Waals surface area contributed by atoms with Gasteiger partial charge in [-0.25, -0.2) is 4.98 Å². The van der Waals surface area contributed by atoms with E-state index in [-0.39, 0.29) is 18.3 Å². The van der Waals surface area contributed by atoms with E-state index < -0.39 is 16.4 Å². The molecule has 4 nitrogen and oxygen atoms in total. The summed E-state index contributed by atoms with van der Waals surface area (Å²) in [6, 6.07) is 5.32. The van der Waals surface area contributed by atoms with E-state index in [9.17, 15) is 9.00 Å². The molecule has 1 heterocycles. The molecule has 0 spiro atoms. The highest BCUT2D eigenvalue weighted by molar-refractivity contribution is 7.84. The fourth-order valence-electron chi connectivity index (χ4n) is 1.55. The van der Waals surface area contributed by atoms with Crippen LogP contribution in [0.5, 0.6) is 0 Å². The number of rotatable bonds is 5. The number of carbonyl (C=O) groups is 1. The Hall–Kier alpha value is -1.23. The predicted molar refractivity (Wildman–Crippen MR) is 75.1 cm³/mol. The molecule has 0 aliphatic heterocycles. The van der Waals surface area contributed by atoms with Crippen molar-refractivity contribution in [3.63, 3.8) is 0 Å². The van der Waals surface area contributed by atoms with Crippen LogP contribution >= 0.6 is 0 Å². The van der Waals surface area contributed by atoms with Gasteiger partial charge in [0.15, 0.2) is 0 Å². The molecule has 0 aromatic carbocycles. The molecule has 19 heavy (non-hydrogen) atoms. The van der Waals surface area contributed by atoms with Crippen LogP contribution in [-0.4, -0.2) is 26.5 Å². The summed E-state index contributed by atoms with van der Waals surface area (Å²) in [4.78, 5) is 15.7. The Bertz CT molecular complexity index is 440. The van der Waals surface area contributed by atoms with Crippen LogP contribution in [0.2, 0.25) is 0 Å². The second-order valence-corrected chi connectivity index (χ2v) is 7.02. The molecule has 0 saturated carbocycles. The van der Waals surface area contributed by atoms with Crippen LogP contribution in [-0.2, 0) is 20.3 Å². The maximum Gasteiger partial charge on any atom is 0.306 e. The first-order chi connectivity index (χ1) is 8.78. The number of esters is 1. The Morgan fingerprint density at radius 1 is 1.42 bits per heavy atom. The second kappa shape index (κ2) is 6.80. The number of pyridine rings is 1. The Kier molecular flexibility index (Phi) is 5.66. The zero-order chi connectivity index (χ0) is 14.5. The molecule has 5 heteroatoms. The van der Waals surface area contributed by atoms with E-state index in [4.69, 9.17) is 4.74 Å². The first-order valence-corrected chi connectivity index (χ1v) is 7.61. The van der Waals surface area contributed by atoms with Crippen molar-refractivity contribution in [3.05, 3.63) is 24.4 Å². The molecule has 0 amide bonds. The van der Waals surface area contributed by atoms with Gasteiger partial charge in [0.05, 0.1) is 10.8 Å². The average Bonchev–Trinajstić information content (AvgIpc) is 2.27.